The first kappa shape index (κ1) is 11.2. The van der Waals surface area contributed by atoms with Gasteiger partial charge in [-0.2, -0.15) is 0 Å². The largest absolute Gasteiger partial charge is 0.336 e. The van der Waals surface area contributed by atoms with Crippen molar-refractivity contribution in [2.24, 2.45) is 7.05 Å². The molecular formula is C15H12N4O. The second kappa shape index (κ2) is 3.90. The van der Waals surface area contributed by atoms with E-state index in [4.69, 9.17) is 0 Å². The summed E-state index contributed by atoms with van der Waals surface area (Å²) in [6, 6.07) is 5.66. The number of hydrogen-bond donors (Lipinski definition) is 0. The van der Waals surface area contributed by atoms with E-state index in [1.54, 1.807) is 29.6 Å². The van der Waals surface area contributed by atoms with Crippen LogP contribution in [-0.4, -0.2) is 20.4 Å². The van der Waals surface area contributed by atoms with Crippen molar-refractivity contribution in [3.05, 3.63) is 54.1 Å². The Balaban J connectivity index is 1.88. The first-order valence-corrected chi connectivity index (χ1v) is 6.40. The minimum absolute atomic E-state index is 0.0266. The molecule has 0 radical (unpaired) electrons. The summed E-state index contributed by atoms with van der Waals surface area (Å²) in [5.74, 6) is 0.0266. The van der Waals surface area contributed by atoms with Crippen molar-refractivity contribution in [3.8, 4) is 0 Å². The molecule has 98 valence electrons. The number of nitrogens with zero attached hydrogens (tertiary/aromatic N) is 4. The molecule has 3 aromatic heterocycles. The Morgan fingerprint density at radius 3 is 2.95 bits per heavy atom. The number of amides is 1. The lowest BCUT2D eigenvalue weighted by Crippen LogP contribution is -2.23. The summed E-state index contributed by atoms with van der Waals surface area (Å²) in [5, 5.41) is 0.990. The quantitative estimate of drug-likeness (QED) is 0.676. The molecule has 4 heterocycles. The smallest absolute Gasteiger partial charge is 0.259 e. The number of fused-ring (bicyclic) bond motifs is 2. The van der Waals surface area contributed by atoms with Crippen LogP contribution in [0.3, 0.4) is 0 Å². The van der Waals surface area contributed by atoms with Gasteiger partial charge in [0.2, 0.25) is 0 Å². The zero-order chi connectivity index (χ0) is 13.7. The molecule has 3 aromatic rings. The fourth-order valence-electron chi connectivity index (χ4n) is 2.73. The molecule has 5 heteroatoms. The summed E-state index contributed by atoms with van der Waals surface area (Å²) in [6.45, 7) is 0.565. The molecule has 0 atom stereocenters. The molecule has 0 N–H and O–H groups in total. The summed E-state index contributed by atoms with van der Waals surface area (Å²) in [6.07, 6.45) is 7.12. The van der Waals surface area contributed by atoms with Crippen molar-refractivity contribution in [3.63, 3.8) is 0 Å². The molecule has 5 nitrogen and oxygen atoms in total. The highest BCUT2D eigenvalue weighted by Crippen LogP contribution is 2.32. The predicted molar refractivity (Wildman–Crippen MR) is 75.5 cm³/mol. The number of aryl methyl sites for hydroxylation is 1. The van der Waals surface area contributed by atoms with E-state index in [9.17, 15) is 4.79 Å². The molecule has 0 saturated carbocycles. The Bertz CT molecular complexity index is 837. The minimum atomic E-state index is 0.0266. The Morgan fingerprint density at radius 2 is 2.10 bits per heavy atom. The number of hydrogen-bond acceptors (Lipinski definition) is 3. The van der Waals surface area contributed by atoms with E-state index in [0.717, 1.165) is 27.8 Å². The molecule has 0 bridgehead atoms. The van der Waals surface area contributed by atoms with Crippen LogP contribution in [0.2, 0.25) is 0 Å². The maximum atomic E-state index is 12.5. The van der Waals surface area contributed by atoms with E-state index in [1.165, 1.54) is 0 Å². The van der Waals surface area contributed by atoms with Gasteiger partial charge in [-0.15, -0.1) is 0 Å². The number of aromatic nitrogens is 3. The van der Waals surface area contributed by atoms with Crippen molar-refractivity contribution in [2.45, 2.75) is 6.54 Å². The first-order chi connectivity index (χ1) is 9.75. The van der Waals surface area contributed by atoms with Gasteiger partial charge in [0.25, 0.3) is 5.91 Å². The number of carbonyl (C=O) groups is 1. The van der Waals surface area contributed by atoms with E-state index >= 15 is 0 Å². The standard InChI is InChI=1S/C15H12N4O/c1-18-7-4-12-13(3-6-17-14(12)18)19-9-10-8-16-5-2-11(10)15(19)20/h2-8H,9H2,1H3. The van der Waals surface area contributed by atoms with Gasteiger partial charge in [0.15, 0.2) is 0 Å². The van der Waals surface area contributed by atoms with E-state index in [2.05, 4.69) is 9.97 Å². The molecule has 1 aliphatic heterocycles. The Kier molecular flexibility index (Phi) is 2.18. The van der Waals surface area contributed by atoms with Gasteiger partial charge >= 0.3 is 0 Å². The van der Waals surface area contributed by atoms with Crippen LogP contribution >= 0.6 is 0 Å². The Labute approximate surface area is 115 Å². The molecule has 0 aliphatic carbocycles. The third kappa shape index (κ3) is 1.40. The summed E-state index contributed by atoms with van der Waals surface area (Å²) >= 11 is 0. The van der Waals surface area contributed by atoms with Crippen LogP contribution in [0, 0.1) is 0 Å². The van der Waals surface area contributed by atoms with Crippen molar-refractivity contribution < 1.29 is 4.79 Å². The highest BCUT2D eigenvalue weighted by Gasteiger charge is 2.29. The molecule has 20 heavy (non-hydrogen) atoms. The normalized spacial score (nSPS) is 14.1. The fraction of sp³-hybridized carbons (Fsp3) is 0.133. The van der Waals surface area contributed by atoms with E-state index < -0.39 is 0 Å². The van der Waals surface area contributed by atoms with Gasteiger partial charge in [0.05, 0.1) is 12.2 Å². The highest BCUT2D eigenvalue weighted by atomic mass is 16.2. The van der Waals surface area contributed by atoms with Crippen molar-refractivity contribution in [2.75, 3.05) is 4.90 Å². The van der Waals surface area contributed by atoms with Crippen LogP contribution in [0.5, 0.6) is 0 Å². The summed E-state index contributed by atoms with van der Waals surface area (Å²) in [5.41, 5.74) is 3.49. The van der Waals surface area contributed by atoms with Gasteiger partial charge in [-0.3, -0.25) is 9.78 Å². The predicted octanol–water partition coefficient (Wildman–Crippen LogP) is 2.13. The van der Waals surface area contributed by atoms with E-state index in [1.807, 2.05) is 29.9 Å². The van der Waals surface area contributed by atoms with Gasteiger partial charge in [-0.25, -0.2) is 4.98 Å². The molecular weight excluding hydrogens is 252 g/mol. The maximum Gasteiger partial charge on any atom is 0.259 e. The van der Waals surface area contributed by atoms with Crippen LogP contribution in [0.15, 0.2) is 43.0 Å². The van der Waals surface area contributed by atoms with Crippen molar-refractivity contribution in [1.82, 2.24) is 14.5 Å². The van der Waals surface area contributed by atoms with Crippen LogP contribution in [0.1, 0.15) is 15.9 Å². The van der Waals surface area contributed by atoms with Gasteiger partial charge in [-0.1, -0.05) is 0 Å². The summed E-state index contributed by atoms with van der Waals surface area (Å²) in [7, 11) is 1.95. The van der Waals surface area contributed by atoms with Gasteiger partial charge < -0.3 is 9.47 Å². The van der Waals surface area contributed by atoms with Gasteiger partial charge in [0, 0.05) is 48.3 Å². The zero-order valence-corrected chi connectivity index (χ0v) is 10.9. The van der Waals surface area contributed by atoms with Crippen LogP contribution in [0.4, 0.5) is 5.69 Å². The molecule has 0 aromatic carbocycles. The second-order valence-corrected chi connectivity index (χ2v) is 4.92. The average Bonchev–Trinajstić information content (AvgIpc) is 3.01. The Morgan fingerprint density at radius 1 is 1.20 bits per heavy atom. The second-order valence-electron chi connectivity index (χ2n) is 4.92. The fourth-order valence-corrected chi connectivity index (χ4v) is 2.73. The van der Waals surface area contributed by atoms with Crippen molar-refractivity contribution >= 4 is 22.6 Å². The number of pyridine rings is 2. The molecule has 4 rings (SSSR count). The minimum Gasteiger partial charge on any atom is -0.336 e. The zero-order valence-electron chi connectivity index (χ0n) is 10.9. The number of rotatable bonds is 1. The van der Waals surface area contributed by atoms with E-state index in [0.29, 0.717) is 6.54 Å². The third-order valence-electron chi connectivity index (χ3n) is 3.74. The Hall–Kier alpha value is -2.69. The maximum absolute atomic E-state index is 12.5. The molecule has 1 amide bonds. The SMILES string of the molecule is Cn1ccc2c(N3Cc4cnccc4C3=O)ccnc21. The van der Waals surface area contributed by atoms with Crippen LogP contribution < -0.4 is 4.90 Å². The number of carbonyl (C=O) groups excluding carboxylic acids is 1. The lowest BCUT2D eigenvalue weighted by Gasteiger charge is -2.16. The molecule has 0 saturated heterocycles. The van der Waals surface area contributed by atoms with E-state index in [-0.39, 0.29) is 5.91 Å². The third-order valence-corrected chi connectivity index (χ3v) is 3.74. The van der Waals surface area contributed by atoms with Gasteiger partial charge in [-0.05, 0) is 18.2 Å². The lowest BCUT2D eigenvalue weighted by atomic mass is 10.2. The monoisotopic (exact) mass is 264 g/mol. The van der Waals surface area contributed by atoms with Gasteiger partial charge in [0.1, 0.15) is 5.65 Å². The molecule has 0 spiro atoms. The highest BCUT2D eigenvalue weighted by molar-refractivity contribution is 6.13. The first-order valence-electron chi connectivity index (χ1n) is 6.40. The molecule has 1 aliphatic rings. The number of anilines is 1. The summed E-state index contributed by atoms with van der Waals surface area (Å²) < 4.78 is 1.95. The topological polar surface area (TPSA) is 51.0 Å². The average molecular weight is 264 g/mol. The van der Waals surface area contributed by atoms with Crippen LogP contribution in [0.25, 0.3) is 11.0 Å². The van der Waals surface area contributed by atoms with Crippen molar-refractivity contribution in [1.29, 1.82) is 0 Å². The lowest BCUT2D eigenvalue weighted by molar-refractivity contribution is 0.0997. The van der Waals surface area contributed by atoms with Crippen LogP contribution in [-0.2, 0) is 13.6 Å². The molecule has 0 unspecified atom stereocenters. The summed E-state index contributed by atoms with van der Waals surface area (Å²) in [4.78, 5) is 22.8. The molecule has 0 fully saturated rings.